The maximum absolute atomic E-state index is 10.8. The molecule has 1 unspecified atom stereocenters. The number of carbonyl (C=O) groups is 1. The summed E-state index contributed by atoms with van der Waals surface area (Å²) in [5.74, 6) is 0.311. The van der Waals surface area contributed by atoms with Gasteiger partial charge >= 0.3 is 0 Å². The highest BCUT2D eigenvalue weighted by molar-refractivity contribution is 5.78. The number of hydrogen-bond donors (Lipinski definition) is 1. The minimum Gasteiger partial charge on any atom is -0.493 e. The molecule has 0 aliphatic heterocycles. The molecule has 0 saturated carbocycles. The number of methoxy groups -OCH3 is 1. The number of para-hydroxylation sites is 1. The molecule has 0 spiro atoms. The second-order valence-corrected chi connectivity index (χ2v) is 3.08. The third-order valence-corrected chi connectivity index (χ3v) is 1.99. The van der Waals surface area contributed by atoms with Crippen LogP contribution in [0.5, 0.6) is 5.75 Å². The standard InChI is InChI=1S/C11H15NO3/c1-14-10(11(12)13)7-8-15-9-5-3-2-4-6-9/h2-6,10H,7-8H2,1H3,(H2,12,13). The van der Waals surface area contributed by atoms with Crippen LogP contribution in [0.1, 0.15) is 6.42 Å². The van der Waals surface area contributed by atoms with Crippen LogP contribution in [-0.2, 0) is 9.53 Å². The van der Waals surface area contributed by atoms with E-state index in [0.717, 1.165) is 5.75 Å². The highest BCUT2D eigenvalue weighted by Gasteiger charge is 2.13. The molecule has 2 N–H and O–H groups in total. The molecule has 0 aromatic heterocycles. The number of primary amides is 1. The van der Waals surface area contributed by atoms with Crippen molar-refractivity contribution in [3.63, 3.8) is 0 Å². The Balaban J connectivity index is 2.30. The zero-order chi connectivity index (χ0) is 11.1. The summed E-state index contributed by atoms with van der Waals surface area (Å²) in [4.78, 5) is 10.8. The van der Waals surface area contributed by atoms with Crippen molar-refractivity contribution < 1.29 is 14.3 Å². The Kier molecular flexibility index (Phi) is 4.63. The molecule has 0 radical (unpaired) electrons. The van der Waals surface area contributed by atoms with Gasteiger partial charge < -0.3 is 15.2 Å². The number of rotatable bonds is 6. The van der Waals surface area contributed by atoms with E-state index < -0.39 is 12.0 Å². The Labute approximate surface area is 89.0 Å². The number of benzene rings is 1. The summed E-state index contributed by atoms with van der Waals surface area (Å²) in [6.07, 6.45) is -0.116. The maximum atomic E-state index is 10.8. The number of amides is 1. The third kappa shape index (κ3) is 3.99. The molecule has 1 aromatic carbocycles. The highest BCUT2D eigenvalue weighted by atomic mass is 16.5. The first-order valence-corrected chi connectivity index (χ1v) is 4.74. The molecule has 0 aliphatic rings. The Hall–Kier alpha value is -1.55. The van der Waals surface area contributed by atoms with Crippen molar-refractivity contribution in [1.82, 2.24) is 0 Å². The normalized spacial score (nSPS) is 12.1. The zero-order valence-corrected chi connectivity index (χ0v) is 8.68. The summed E-state index contributed by atoms with van der Waals surface area (Å²) in [5, 5.41) is 0. The van der Waals surface area contributed by atoms with Gasteiger partial charge in [0, 0.05) is 13.5 Å². The predicted molar refractivity (Wildman–Crippen MR) is 56.5 cm³/mol. The van der Waals surface area contributed by atoms with E-state index in [2.05, 4.69) is 0 Å². The minimum absolute atomic E-state index is 0.408. The van der Waals surface area contributed by atoms with Crippen LogP contribution in [-0.4, -0.2) is 25.7 Å². The fraction of sp³-hybridized carbons (Fsp3) is 0.364. The minimum atomic E-state index is -0.575. The van der Waals surface area contributed by atoms with Crippen LogP contribution in [0, 0.1) is 0 Å². The lowest BCUT2D eigenvalue weighted by Crippen LogP contribution is -2.31. The van der Waals surface area contributed by atoms with E-state index in [1.54, 1.807) is 0 Å². The van der Waals surface area contributed by atoms with Crippen LogP contribution in [0.2, 0.25) is 0 Å². The van der Waals surface area contributed by atoms with Gasteiger partial charge in [0.2, 0.25) is 5.91 Å². The maximum Gasteiger partial charge on any atom is 0.246 e. The van der Waals surface area contributed by atoms with Gasteiger partial charge in [0.1, 0.15) is 11.9 Å². The predicted octanol–water partition coefficient (Wildman–Crippen LogP) is 0.956. The van der Waals surface area contributed by atoms with Crippen LogP contribution in [0.4, 0.5) is 0 Å². The topological polar surface area (TPSA) is 61.6 Å². The van der Waals surface area contributed by atoms with Crippen molar-refractivity contribution in [3.8, 4) is 5.75 Å². The molecule has 15 heavy (non-hydrogen) atoms. The average molecular weight is 209 g/mol. The molecule has 0 fully saturated rings. The van der Waals surface area contributed by atoms with Crippen LogP contribution in [0.15, 0.2) is 30.3 Å². The second kappa shape index (κ2) is 6.03. The van der Waals surface area contributed by atoms with Gasteiger partial charge in [-0.15, -0.1) is 0 Å². The molecule has 0 bridgehead atoms. The summed E-state index contributed by atoms with van der Waals surface area (Å²) in [6, 6.07) is 9.39. The molecule has 1 amide bonds. The first-order valence-electron chi connectivity index (χ1n) is 4.74. The lowest BCUT2D eigenvalue weighted by atomic mass is 10.2. The van der Waals surface area contributed by atoms with Crippen LogP contribution in [0.25, 0.3) is 0 Å². The summed E-state index contributed by atoms with van der Waals surface area (Å²) in [5.41, 5.74) is 5.11. The Bertz CT molecular complexity index is 300. The van der Waals surface area contributed by atoms with Gasteiger partial charge in [0.25, 0.3) is 0 Å². The molecule has 82 valence electrons. The van der Waals surface area contributed by atoms with E-state index in [9.17, 15) is 4.79 Å². The van der Waals surface area contributed by atoms with E-state index in [1.807, 2.05) is 30.3 Å². The quantitative estimate of drug-likeness (QED) is 0.759. The molecule has 1 aromatic rings. The van der Waals surface area contributed by atoms with Crippen LogP contribution < -0.4 is 10.5 Å². The lowest BCUT2D eigenvalue weighted by molar-refractivity contribution is -0.128. The molecule has 0 aliphatic carbocycles. The summed E-state index contributed by atoms with van der Waals surface area (Å²) >= 11 is 0. The smallest absolute Gasteiger partial charge is 0.246 e. The first-order chi connectivity index (χ1) is 7.24. The molecule has 0 saturated heterocycles. The fourth-order valence-electron chi connectivity index (χ4n) is 1.18. The molecular weight excluding hydrogens is 194 g/mol. The van der Waals surface area contributed by atoms with Crippen molar-refractivity contribution in [1.29, 1.82) is 0 Å². The molecule has 0 heterocycles. The van der Waals surface area contributed by atoms with Crippen LogP contribution >= 0.6 is 0 Å². The van der Waals surface area contributed by atoms with Crippen molar-refractivity contribution in [2.75, 3.05) is 13.7 Å². The summed E-state index contributed by atoms with van der Waals surface area (Å²) < 4.78 is 10.3. The van der Waals surface area contributed by atoms with Gasteiger partial charge in [-0.3, -0.25) is 4.79 Å². The SMILES string of the molecule is COC(CCOc1ccccc1)C(N)=O. The van der Waals surface area contributed by atoms with Crippen molar-refractivity contribution in [3.05, 3.63) is 30.3 Å². The van der Waals surface area contributed by atoms with Gasteiger partial charge in [-0.05, 0) is 12.1 Å². The Morgan fingerprint density at radius 1 is 1.40 bits per heavy atom. The largest absolute Gasteiger partial charge is 0.493 e. The lowest BCUT2D eigenvalue weighted by Gasteiger charge is -2.11. The summed E-state index contributed by atoms with van der Waals surface area (Å²) in [6.45, 7) is 0.408. The van der Waals surface area contributed by atoms with E-state index >= 15 is 0 Å². The summed E-state index contributed by atoms with van der Waals surface area (Å²) in [7, 11) is 1.46. The van der Waals surface area contributed by atoms with E-state index in [4.69, 9.17) is 15.2 Å². The number of nitrogens with two attached hydrogens (primary N) is 1. The highest BCUT2D eigenvalue weighted by Crippen LogP contribution is 2.09. The van der Waals surface area contributed by atoms with Crippen molar-refractivity contribution >= 4 is 5.91 Å². The number of hydrogen-bond acceptors (Lipinski definition) is 3. The number of carbonyl (C=O) groups excluding carboxylic acids is 1. The average Bonchev–Trinajstić information content (AvgIpc) is 2.25. The monoisotopic (exact) mass is 209 g/mol. The van der Waals surface area contributed by atoms with Gasteiger partial charge in [-0.2, -0.15) is 0 Å². The third-order valence-electron chi connectivity index (χ3n) is 1.99. The molecule has 4 nitrogen and oxygen atoms in total. The van der Waals surface area contributed by atoms with Gasteiger partial charge in [0.15, 0.2) is 0 Å². The first kappa shape index (κ1) is 11.5. The fourth-order valence-corrected chi connectivity index (χ4v) is 1.18. The van der Waals surface area contributed by atoms with Gasteiger partial charge in [-0.25, -0.2) is 0 Å². The number of ether oxygens (including phenoxy) is 2. The Morgan fingerprint density at radius 2 is 2.07 bits per heavy atom. The van der Waals surface area contributed by atoms with Crippen LogP contribution in [0.3, 0.4) is 0 Å². The second-order valence-electron chi connectivity index (χ2n) is 3.08. The van der Waals surface area contributed by atoms with Gasteiger partial charge in [0.05, 0.1) is 6.61 Å². The van der Waals surface area contributed by atoms with Crippen molar-refractivity contribution in [2.24, 2.45) is 5.73 Å². The molecule has 1 atom stereocenters. The van der Waals surface area contributed by atoms with E-state index in [-0.39, 0.29) is 0 Å². The van der Waals surface area contributed by atoms with Gasteiger partial charge in [-0.1, -0.05) is 18.2 Å². The van der Waals surface area contributed by atoms with Crippen molar-refractivity contribution in [2.45, 2.75) is 12.5 Å². The molecule has 4 heteroatoms. The molecule has 1 rings (SSSR count). The molecular formula is C11H15NO3. The van der Waals surface area contributed by atoms with E-state index in [1.165, 1.54) is 7.11 Å². The Morgan fingerprint density at radius 3 is 2.60 bits per heavy atom. The van der Waals surface area contributed by atoms with E-state index in [0.29, 0.717) is 13.0 Å². The zero-order valence-electron chi connectivity index (χ0n) is 8.68.